The average Bonchev–Trinajstić information content (AvgIpc) is 3.62. The Morgan fingerprint density at radius 2 is 1.78 bits per heavy atom. The van der Waals surface area contributed by atoms with Gasteiger partial charge in [-0.05, 0) is 76.2 Å². The summed E-state index contributed by atoms with van der Waals surface area (Å²) in [6.07, 6.45) is 9.62. The van der Waals surface area contributed by atoms with Gasteiger partial charge < -0.3 is 20.9 Å². The van der Waals surface area contributed by atoms with Crippen LogP contribution in [0.3, 0.4) is 0 Å². The van der Waals surface area contributed by atoms with Crippen molar-refractivity contribution in [1.82, 2.24) is 20.9 Å². The Labute approximate surface area is 195 Å². The highest BCUT2D eigenvalue weighted by atomic mass is 16.2. The van der Waals surface area contributed by atoms with Crippen LogP contribution in [0.15, 0.2) is 47.3 Å². The molecule has 0 aliphatic heterocycles. The van der Waals surface area contributed by atoms with Crippen LogP contribution in [0.1, 0.15) is 64.0 Å². The molecule has 2 rings (SSSR count). The van der Waals surface area contributed by atoms with Crippen LogP contribution in [0, 0.1) is 0 Å². The molecule has 1 saturated carbocycles. The topological polar surface area (TPSA) is 56.4 Å². The summed E-state index contributed by atoms with van der Waals surface area (Å²) in [4.78, 5) is 15.1. The Morgan fingerprint density at radius 1 is 1.09 bits per heavy atom. The molecular weight excluding hydrogens is 396 g/mol. The molecule has 1 amide bonds. The normalized spacial score (nSPS) is 14.3. The van der Waals surface area contributed by atoms with Gasteiger partial charge in [0.2, 0.25) is 5.91 Å². The first-order valence-electron chi connectivity index (χ1n) is 12.3. The van der Waals surface area contributed by atoms with Crippen molar-refractivity contribution < 1.29 is 4.79 Å². The maximum Gasteiger partial charge on any atom is 0.243 e. The zero-order valence-corrected chi connectivity index (χ0v) is 20.9. The maximum atomic E-state index is 13.0. The van der Waals surface area contributed by atoms with E-state index in [4.69, 9.17) is 0 Å². The summed E-state index contributed by atoms with van der Waals surface area (Å²) in [6, 6.07) is 8.43. The van der Waals surface area contributed by atoms with Crippen LogP contribution < -0.4 is 16.0 Å². The van der Waals surface area contributed by atoms with E-state index in [0.717, 1.165) is 51.5 Å². The molecule has 1 fully saturated rings. The molecule has 32 heavy (non-hydrogen) atoms. The van der Waals surface area contributed by atoms with Crippen molar-refractivity contribution >= 4 is 5.91 Å². The van der Waals surface area contributed by atoms with Crippen LogP contribution in [0.4, 0.5) is 0 Å². The fourth-order valence-corrected chi connectivity index (χ4v) is 3.97. The fourth-order valence-electron chi connectivity index (χ4n) is 3.97. The maximum absolute atomic E-state index is 13.0. The minimum atomic E-state index is -0.252. The van der Waals surface area contributed by atoms with Gasteiger partial charge in [-0.2, -0.15) is 0 Å². The summed E-state index contributed by atoms with van der Waals surface area (Å²) in [5.41, 5.74) is 6.72. The second-order valence-corrected chi connectivity index (χ2v) is 8.98. The number of likely N-dealkylation sites (N-methyl/N-ethyl adjacent to an activating group) is 1. The highest BCUT2D eigenvalue weighted by Gasteiger charge is 2.24. The first-order chi connectivity index (χ1) is 15.5. The van der Waals surface area contributed by atoms with E-state index in [2.05, 4.69) is 72.0 Å². The molecule has 0 bridgehead atoms. The summed E-state index contributed by atoms with van der Waals surface area (Å²) < 4.78 is 0. The number of nitrogens with one attached hydrogen (secondary N) is 3. The van der Waals surface area contributed by atoms with Gasteiger partial charge in [0.1, 0.15) is 6.04 Å². The second-order valence-electron chi connectivity index (χ2n) is 8.98. The van der Waals surface area contributed by atoms with Crippen molar-refractivity contribution in [2.75, 3.05) is 33.7 Å². The summed E-state index contributed by atoms with van der Waals surface area (Å²) in [6.45, 7) is 8.57. The molecule has 1 atom stereocenters. The molecule has 0 radical (unpaired) electrons. The molecule has 1 aromatic carbocycles. The standard InChI is InChI=1S/C27H44N4O/c1-6-12-21-13-9-10-14-22(21)15-11-18-28-27(32)26(20-31(4)5)30-25(23-16-17-23)19-29-24(7-2)8-3/h7,9-10,13-14,26,29-30H,6,8,11-12,15-20H2,1-5H3,(H,28,32). The fraction of sp³-hybridized carbons (Fsp3) is 0.593. The Bertz CT molecular complexity index is 776. The number of amides is 1. The highest BCUT2D eigenvalue weighted by Crippen LogP contribution is 2.30. The van der Waals surface area contributed by atoms with Gasteiger partial charge in [0.15, 0.2) is 0 Å². The third-order valence-electron chi connectivity index (χ3n) is 5.92. The van der Waals surface area contributed by atoms with Gasteiger partial charge in [0.05, 0.1) is 6.54 Å². The van der Waals surface area contributed by atoms with Gasteiger partial charge in [-0.3, -0.25) is 4.79 Å². The van der Waals surface area contributed by atoms with Gasteiger partial charge in [0.25, 0.3) is 0 Å². The number of carbonyl (C=O) groups is 1. The zero-order valence-electron chi connectivity index (χ0n) is 20.9. The lowest BCUT2D eigenvalue weighted by atomic mass is 9.99. The third kappa shape index (κ3) is 9.07. The Morgan fingerprint density at radius 3 is 2.34 bits per heavy atom. The lowest BCUT2D eigenvalue weighted by Crippen LogP contribution is -2.50. The Hall–Kier alpha value is -2.27. The van der Waals surface area contributed by atoms with Crippen molar-refractivity contribution in [3.05, 3.63) is 58.4 Å². The number of carbonyl (C=O) groups excluding carboxylic acids is 1. The molecule has 0 spiro atoms. The minimum absolute atomic E-state index is 0.0843. The smallest absolute Gasteiger partial charge is 0.243 e. The molecule has 0 saturated heterocycles. The third-order valence-corrected chi connectivity index (χ3v) is 5.92. The second kappa shape index (κ2) is 14.0. The van der Waals surface area contributed by atoms with Crippen molar-refractivity contribution in [2.24, 2.45) is 0 Å². The minimum Gasteiger partial charge on any atom is -0.383 e. The molecule has 1 unspecified atom stereocenters. The summed E-state index contributed by atoms with van der Waals surface area (Å²) >= 11 is 0. The van der Waals surface area contributed by atoms with E-state index in [0.29, 0.717) is 13.1 Å². The van der Waals surface area contributed by atoms with E-state index in [-0.39, 0.29) is 11.9 Å². The Balaban J connectivity index is 1.90. The first kappa shape index (κ1) is 26.0. The summed E-state index contributed by atoms with van der Waals surface area (Å²) in [7, 11) is 4.04. The SMILES string of the molecule is CC=C(CC)NCC(NC(CN(C)C)C(=O)NCCCc1ccccc1CCC)=C1CC1. The molecule has 5 heteroatoms. The monoisotopic (exact) mass is 440 g/mol. The van der Waals surface area contributed by atoms with Gasteiger partial charge in [-0.15, -0.1) is 0 Å². The van der Waals surface area contributed by atoms with Crippen LogP contribution in [0.2, 0.25) is 0 Å². The predicted octanol–water partition coefficient (Wildman–Crippen LogP) is 4.16. The van der Waals surface area contributed by atoms with E-state index >= 15 is 0 Å². The summed E-state index contributed by atoms with van der Waals surface area (Å²) in [5, 5.41) is 10.3. The van der Waals surface area contributed by atoms with Gasteiger partial charge in [-0.1, -0.05) is 50.6 Å². The lowest BCUT2D eigenvalue weighted by molar-refractivity contribution is -0.123. The van der Waals surface area contributed by atoms with Crippen LogP contribution in [0.5, 0.6) is 0 Å². The number of allylic oxidation sites excluding steroid dienone is 3. The number of nitrogens with zero attached hydrogens (tertiary/aromatic N) is 1. The molecule has 1 aliphatic carbocycles. The molecule has 0 aromatic heterocycles. The number of benzene rings is 1. The number of aryl methyl sites for hydroxylation is 2. The van der Waals surface area contributed by atoms with Crippen LogP contribution in [-0.4, -0.2) is 50.6 Å². The van der Waals surface area contributed by atoms with Crippen molar-refractivity contribution in [3.8, 4) is 0 Å². The lowest BCUT2D eigenvalue weighted by Gasteiger charge is -2.25. The zero-order chi connectivity index (χ0) is 23.3. The van der Waals surface area contributed by atoms with Crippen LogP contribution in [-0.2, 0) is 17.6 Å². The Kier molecular flexibility index (Phi) is 11.4. The van der Waals surface area contributed by atoms with Gasteiger partial charge >= 0.3 is 0 Å². The molecule has 0 heterocycles. The molecule has 5 nitrogen and oxygen atoms in total. The number of rotatable bonds is 15. The van der Waals surface area contributed by atoms with Crippen molar-refractivity contribution in [1.29, 1.82) is 0 Å². The van der Waals surface area contributed by atoms with Crippen molar-refractivity contribution in [2.45, 2.75) is 71.8 Å². The molecule has 3 N–H and O–H groups in total. The molecular formula is C27H44N4O. The van der Waals surface area contributed by atoms with Gasteiger partial charge in [0, 0.05) is 24.5 Å². The van der Waals surface area contributed by atoms with Crippen LogP contribution >= 0.6 is 0 Å². The number of hydrogen-bond acceptors (Lipinski definition) is 4. The highest BCUT2D eigenvalue weighted by molar-refractivity contribution is 5.82. The quantitative estimate of drug-likeness (QED) is 0.359. The molecule has 1 aromatic rings. The van der Waals surface area contributed by atoms with E-state index in [1.807, 2.05) is 14.1 Å². The van der Waals surface area contributed by atoms with Crippen molar-refractivity contribution in [3.63, 3.8) is 0 Å². The van der Waals surface area contributed by atoms with E-state index < -0.39 is 0 Å². The average molecular weight is 441 g/mol. The van der Waals surface area contributed by atoms with E-state index in [9.17, 15) is 4.79 Å². The van der Waals surface area contributed by atoms with Gasteiger partial charge in [-0.25, -0.2) is 0 Å². The van der Waals surface area contributed by atoms with Crippen LogP contribution in [0.25, 0.3) is 0 Å². The van der Waals surface area contributed by atoms with E-state index in [1.54, 1.807) is 0 Å². The van der Waals surface area contributed by atoms with E-state index in [1.165, 1.54) is 28.1 Å². The first-order valence-corrected chi connectivity index (χ1v) is 12.3. The molecule has 178 valence electrons. The number of hydrogen-bond donors (Lipinski definition) is 3. The largest absolute Gasteiger partial charge is 0.383 e. The summed E-state index contributed by atoms with van der Waals surface area (Å²) in [5.74, 6) is 0.0843. The predicted molar refractivity (Wildman–Crippen MR) is 136 cm³/mol. The molecule has 1 aliphatic rings.